The molecule has 0 aliphatic carbocycles. The number of hydrogen-bond acceptors (Lipinski definition) is 0. The fraction of sp³-hybridized carbons (Fsp3) is 1.00. The maximum Gasteiger partial charge on any atom is 0.381 e. The van der Waals surface area contributed by atoms with Crippen molar-refractivity contribution in [2.45, 2.75) is 48.4 Å². The third-order valence-corrected chi connectivity index (χ3v) is 2.86. The van der Waals surface area contributed by atoms with E-state index >= 15 is 0 Å². The Morgan fingerprint density at radius 2 is 0.909 bits per heavy atom. The summed E-state index contributed by atoms with van der Waals surface area (Å²) < 4.78 is 163. The minimum absolute atomic E-state index is 0.284. The fourth-order valence-corrected chi connectivity index (χ4v) is 1.30. The van der Waals surface area contributed by atoms with Gasteiger partial charge in [-0.3, -0.25) is 0 Å². The number of rotatable bonds is 7. The van der Waals surface area contributed by atoms with Crippen LogP contribution in [0.5, 0.6) is 0 Å². The molecule has 0 radical (unpaired) electrons. The van der Waals surface area contributed by atoms with Crippen LogP contribution >= 0.6 is 9.24 Å². The molecule has 0 saturated heterocycles. The highest BCUT2D eigenvalue weighted by Gasteiger charge is 2.84. The predicted octanol–water partition coefficient (Wildman–Crippen LogP) is 4.64. The summed E-state index contributed by atoms with van der Waals surface area (Å²) in [4.78, 5) is 0. The second-order valence-electron chi connectivity index (χ2n) is 3.98. The van der Waals surface area contributed by atoms with Gasteiger partial charge in [0.1, 0.15) is 0 Å². The summed E-state index contributed by atoms with van der Waals surface area (Å²) in [6.45, 7) is 0. The zero-order valence-corrected chi connectivity index (χ0v) is 11.0. The molecule has 0 amide bonds. The molecule has 0 aliphatic rings. The van der Waals surface area contributed by atoms with Crippen LogP contribution in [-0.4, -0.2) is 48.4 Å². The van der Waals surface area contributed by atoms with Gasteiger partial charge >= 0.3 is 23.7 Å². The van der Waals surface area contributed by atoms with E-state index in [0.29, 0.717) is 0 Å². The topological polar surface area (TPSA) is 0 Å². The Kier molecular flexibility index (Phi) is 6.06. The van der Waals surface area contributed by atoms with Gasteiger partial charge in [-0.2, -0.15) is 35.1 Å². The van der Waals surface area contributed by atoms with Gasteiger partial charge < -0.3 is 0 Å². The molecule has 0 spiro atoms. The third kappa shape index (κ3) is 3.09. The van der Waals surface area contributed by atoms with Crippen molar-refractivity contribution in [3.8, 4) is 0 Å². The molecule has 0 nitrogen and oxygen atoms in total. The molecule has 0 aromatic heterocycles. The monoisotopic (exact) mass is 380 g/mol. The van der Waals surface area contributed by atoms with Gasteiger partial charge in [-0.05, 0) is 0 Å². The van der Waals surface area contributed by atoms with Crippen LogP contribution in [-0.2, 0) is 0 Å². The Morgan fingerprint density at radius 1 is 0.591 bits per heavy atom. The number of halogens is 13. The lowest BCUT2D eigenvalue weighted by Crippen LogP contribution is -2.67. The van der Waals surface area contributed by atoms with Gasteiger partial charge in [0.15, 0.2) is 12.1 Å². The maximum atomic E-state index is 12.9. The molecule has 0 fully saturated rings. The smallest absolute Gasteiger partial charge is 0.238 e. The van der Waals surface area contributed by atoms with Crippen molar-refractivity contribution in [1.82, 2.24) is 0 Å². The minimum Gasteiger partial charge on any atom is -0.238 e. The molecule has 0 aromatic carbocycles. The van der Waals surface area contributed by atoms with Crippen LogP contribution < -0.4 is 0 Å². The van der Waals surface area contributed by atoms with Gasteiger partial charge in [-0.1, -0.05) is 9.24 Å². The Hall–Kier alpha value is -0.480. The van der Waals surface area contributed by atoms with Crippen LogP contribution in [0.1, 0.15) is 0 Å². The quantitative estimate of drug-likeness (QED) is 0.446. The molecule has 0 saturated carbocycles. The van der Waals surface area contributed by atoms with Crippen LogP contribution in [0.3, 0.4) is 0 Å². The van der Waals surface area contributed by atoms with E-state index in [4.69, 9.17) is 0 Å². The zero-order valence-electron chi connectivity index (χ0n) is 9.80. The molecule has 0 aliphatic heterocycles. The molecular weight excluding hydrogens is 374 g/mol. The first-order chi connectivity index (χ1) is 9.46. The van der Waals surface area contributed by atoms with E-state index in [0.717, 1.165) is 0 Å². The average Bonchev–Trinajstić information content (AvgIpc) is 2.35. The zero-order chi connectivity index (χ0) is 18.3. The SMILES string of the molecule is FC(F)C(F)C(F)C(F)(F)C(F)(F)C(F)(F)C(F)(F)C(F)P. The maximum absolute atomic E-state index is 12.9. The van der Waals surface area contributed by atoms with E-state index < -0.39 is 48.4 Å². The van der Waals surface area contributed by atoms with Crippen LogP contribution in [0.2, 0.25) is 0 Å². The summed E-state index contributed by atoms with van der Waals surface area (Å²) in [5.41, 5.74) is 0. The summed E-state index contributed by atoms with van der Waals surface area (Å²) in [7, 11) is 0.284. The Labute approximate surface area is 116 Å². The van der Waals surface area contributed by atoms with Crippen molar-refractivity contribution in [3.63, 3.8) is 0 Å². The third-order valence-electron chi connectivity index (χ3n) is 2.44. The van der Waals surface area contributed by atoms with Crippen molar-refractivity contribution in [3.05, 3.63) is 0 Å². The highest BCUT2D eigenvalue weighted by Crippen LogP contribution is 2.56. The van der Waals surface area contributed by atoms with Gasteiger partial charge in [0, 0.05) is 0 Å². The van der Waals surface area contributed by atoms with E-state index in [9.17, 15) is 57.1 Å². The molecular formula is C8H6F13P. The van der Waals surface area contributed by atoms with E-state index in [1.807, 2.05) is 0 Å². The summed E-state index contributed by atoms with van der Waals surface area (Å²) in [5, 5.41) is 0. The Morgan fingerprint density at radius 3 is 1.18 bits per heavy atom. The van der Waals surface area contributed by atoms with Gasteiger partial charge in [-0.25, -0.2) is 22.0 Å². The van der Waals surface area contributed by atoms with Crippen molar-refractivity contribution in [1.29, 1.82) is 0 Å². The van der Waals surface area contributed by atoms with Gasteiger partial charge in [0.05, 0.1) is 0 Å². The lowest BCUT2D eigenvalue weighted by Gasteiger charge is -2.38. The molecule has 0 bridgehead atoms. The van der Waals surface area contributed by atoms with E-state index in [1.54, 1.807) is 0 Å². The molecule has 22 heavy (non-hydrogen) atoms. The standard InChI is InChI=1S/C8H6F13P/c9-1(3(11)12)2(10)5(14,15)7(18,19)8(20,21)6(16,17)4(13)22/h1-4H,22H2. The normalized spacial score (nSPS) is 19.2. The summed E-state index contributed by atoms with van der Waals surface area (Å²) in [5.74, 6) is -32.2. The number of alkyl halides is 13. The second-order valence-corrected chi connectivity index (χ2v) is 4.56. The molecule has 0 N–H and O–H groups in total. The fourth-order valence-electron chi connectivity index (χ4n) is 1.09. The summed E-state index contributed by atoms with van der Waals surface area (Å²) in [6, 6.07) is 0. The first kappa shape index (κ1) is 21.5. The van der Waals surface area contributed by atoms with Crippen LogP contribution in [0, 0.1) is 0 Å². The molecule has 0 heterocycles. The summed E-state index contributed by atoms with van der Waals surface area (Å²) >= 11 is 0. The molecule has 4 unspecified atom stereocenters. The molecule has 0 rings (SSSR count). The second kappa shape index (κ2) is 6.20. The Balaban J connectivity index is 5.89. The lowest BCUT2D eigenvalue weighted by molar-refractivity contribution is -0.382. The minimum atomic E-state index is -7.37. The lowest BCUT2D eigenvalue weighted by atomic mass is 9.94. The molecule has 4 atom stereocenters. The Bertz CT molecular complexity index is 378. The van der Waals surface area contributed by atoms with E-state index in [2.05, 4.69) is 0 Å². The van der Waals surface area contributed by atoms with Crippen molar-refractivity contribution >= 4 is 9.24 Å². The van der Waals surface area contributed by atoms with Crippen molar-refractivity contribution in [2.24, 2.45) is 0 Å². The van der Waals surface area contributed by atoms with Gasteiger partial charge in [0.25, 0.3) is 6.43 Å². The first-order valence-corrected chi connectivity index (χ1v) is 5.60. The van der Waals surface area contributed by atoms with Crippen molar-refractivity contribution in [2.75, 3.05) is 0 Å². The van der Waals surface area contributed by atoms with Gasteiger partial charge in [0.2, 0.25) is 6.17 Å². The average molecular weight is 380 g/mol. The van der Waals surface area contributed by atoms with Crippen LogP contribution in [0.15, 0.2) is 0 Å². The van der Waals surface area contributed by atoms with Gasteiger partial charge in [-0.15, -0.1) is 0 Å². The number of hydrogen-bond donors (Lipinski definition) is 0. The highest BCUT2D eigenvalue weighted by atomic mass is 31.0. The van der Waals surface area contributed by atoms with Crippen molar-refractivity contribution < 1.29 is 57.1 Å². The van der Waals surface area contributed by atoms with Crippen LogP contribution in [0.4, 0.5) is 57.1 Å². The first-order valence-electron chi connectivity index (χ1n) is 4.93. The van der Waals surface area contributed by atoms with E-state index in [1.165, 1.54) is 0 Å². The van der Waals surface area contributed by atoms with Crippen LogP contribution in [0.25, 0.3) is 0 Å². The molecule has 0 aromatic rings. The van der Waals surface area contributed by atoms with E-state index in [-0.39, 0.29) is 9.24 Å². The molecule has 14 heteroatoms. The summed E-state index contributed by atoms with van der Waals surface area (Å²) in [6.07, 6.45) is -14.5. The molecule has 134 valence electrons. The largest absolute Gasteiger partial charge is 0.381 e. The predicted molar refractivity (Wildman–Crippen MR) is 50.2 cm³/mol. The highest BCUT2D eigenvalue weighted by molar-refractivity contribution is 7.17.